The Morgan fingerprint density at radius 1 is 1.48 bits per heavy atom. The van der Waals surface area contributed by atoms with Crippen molar-refractivity contribution in [2.24, 2.45) is 5.41 Å². The molecule has 0 amide bonds. The van der Waals surface area contributed by atoms with Crippen LogP contribution < -0.4 is 14.8 Å². The van der Waals surface area contributed by atoms with Gasteiger partial charge in [0.1, 0.15) is 6.61 Å². The molecule has 0 atom stereocenters. The molecule has 1 rings (SSSR count). The molecule has 0 radical (unpaired) electrons. The summed E-state index contributed by atoms with van der Waals surface area (Å²) in [6.45, 7) is 8.71. The first-order valence-electron chi connectivity index (χ1n) is 7.36. The van der Waals surface area contributed by atoms with Crippen molar-refractivity contribution in [1.82, 2.24) is 5.32 Å². The van der Waals surface area contributed by atoms with E-state index in [1.807, 2.05) is 12.1 Å². The third kappa shape index (κ3) is 5.88. The topological polar surface area (TPSA) is 67.8 Å². The molecular weight excluding hydrogens is 362 g/mol. The van der Waals surface area contributed by atoms with Gasteiger partial charge in [-0.2, -0.15) is 0 Å². The van der Waals surface area contributed by atoms with Gasteiger partial charge in [0.25, 0.3) is 0 Å². The Morgan fingerprint density at radius 3 is 2.74 bits per heavy atom. The highest BCUT2D eigenvalue weighted by atomic mass is 79.9. The number of nitrogens with one attached hydrogen (secondary N) is 1. The monoisotopic (exact) mass is 385 g/mol. The molecule has 0 heterocycles. The molecule has 2 N–H and O–H groups in total. The van der Waals surface area contributed by atoms with E-state index in [9.17, 15) is 4.79 Å². The molecular formula is C17H24BrNO4. The second-order valence-electron chi connectivity index (χ2n) is 5.82. The maximum absolute atomic E-state index is 11.1. The van der Waals surface area contributed by atoms with Crippen LogP contribution in [0.3, 0.4) is 0 Å². The van der Waals surface area contributed by atoms with Crippen molar-refractivity contribution >= 4 is 21.9 Å². The highest BCUT2D eigenvalue weighted by Crippen LogP contribution is 2.36. The Morgan fingerprint density at radius 2 is 2.17 bits per heavy atom. The largest absolute Gasteiger partial charge is 0.493 e. The Balaban J connectivity index is 2.66. The molecule has 0 saturated heterocycles. The van der Waals surface area contributed by atoms with Crippen LogP contribution in [0.15, 0.2) is 29.3 Å². The lowest BCUT2D eigenvalue weighted by atomic mass is 9.90. The van der Waals surface area contributed by atoms with Gasteiger partial charge < -0.3 is 19.9 Å². The first-order chi connectivity index (χ1) is 10.8. The summed E-state index contributed by atoms with van der Waals surface area (Å²) in [7, 11) is 1.59. The third-order valence-electron chi connectivity index (χ3n) is 3.47. The van der Waals surface area contributed by atoms with Crippen LogP contribution in [0.1, 0.15) is 25.8 Å². The number of benzene rings is 1. The normalized spacial score (nSPS) is 11.1. The van der Waals surface area contributed by atoms with Crippen LogP contribution >= 0.6 is 15.9 Å². The zero-order valence-corrected chi connectivity index (χ0v) is 15.4. The Labute approximate surface area is 145 Å². The zero-order chi connectivity index (χ0) is 17.5. The molecule has 23 heavy (non-hydrogen) atoms. The fraction of sp³-hybridized carbons (Fsp3) is 0.471. The van der Waals surface area contributed by atoms with Crippen molar-refractivity contribution in [3.8, 4) is 11.5 Å². The summed E-state index contributed by atoms with van der Waals surface area (Å²) in [6, 6.07) is 3.86. The summed E-state index contributed by atoms with van der Waals surface area (Å²) in [5, 5.41) is 12.3. The summed E-state index contributed by atoms with van der Waals surface area (Å²) in [5.41, 5.74) is 0.293. The second-order valence-corrected chi connectivity index (χ2v) is 6.68. The number of carboxylic acids is 1. The van der Waals surface area contributed by atoms with Crippen molar-refractivity contribution in [3.05, 3.63) is 34.8 Å². The van der Waals surface area contributed by atoms with Crippen molar-refractivity contribution in [2.75, 3.05) is 20.3 Å². The van der Waals surface area contributed by atoms with Crippen LogP contribution in [0.5, 0.6) is 11.5 Å². The highest BCUT2D eigenvalue weighted by Gasteiger charge is 2.26. The number of hydrogen-bond acceptors (Lipinski definition) is 4. The van der Waals surface area contributed by atoms with Gasteiger partial charge in [-0.1, -0.05) is 12.7 Å². The van der Waals surface area contributed by atoms with E-state index in [0.29, 0.717) is 37.6 Å². The van der Waals surface area contributed by atoms with Gasteiger partial charge >= 0.3 is 5.97 Å². The molecule has 0 unspecified atom stereocenters. The lowest BCUT2D eigenvalue weighted by Gasteiger charge is -2.19. The Kier molecular flexibility index (Phi) is 7.58. The summed E-state index contributed by atoms with van der Waals surface area (Å²) in [4.78, 5) is 11.1. The number of carboxylic acid groups (broad SMARTS) is 1. The average Bonchev–Trinajstić information content (AvgIpc) is 2.49. The molecule has 1 aromatic rings. The molecule has 0 bridgehead atoms. The summed E-state index contributed by atoms with van der Waals surface area (Å²) in [6.07, 6.45) is 2.23. The molecule has 5 nitrogen and oxygen atoms in total. The van der Waals surface area contributed by atoms with E-state index in [2.05, 4.69) is 27.8 Å². The third-order valence-corrected chi connectivity index (χ3v) is 4.06. The smallest absolute Gasteiger partial charge is 0.309 e. The van der Waals surface area contributed by atoms with Crippen LogP contribution in [0, 0.1) is 5.41 Å². The average molecular weight is 386 g/mol. The van der Waals surface area contributed by atoms with E-state index in [0.717, 1.165) is 10.0 Å². The lowest BCUT2D eigenvalue weighted by Crippen LogP contribution is -2.28. The summed E-state index contributed by atoms with van der Waals surface area (Å²) in [5.74, 6) is 0.500. The van der Waals surface area contributed by atoms with E-state index in [1.54, 1.807) is 27.0 Å². The SMILES string of the molecule is C=CCOc1c(Br)cc(CNCCC(C)(C)C(=O)O)cc1OC. The van der Waals surface area contributed by atoms with Crippen LogP contribution in [0.2, 0.25) is 0 Å². The maximum Gasteiger partial charge on any atom is 0.309 e. The van der Waals surface area contributed by atoms with Crippen LogP contribution in [0.4, 0.5) is 0 Å². The number of methoxy groups -OCH3 is 1. The Bertz CT molecular complexity index is 558. The van der Waals surface area contributed by atoms with Crippen molar-refractivity contribution in [1.29, 1.82) is 0 Å². The van der Waals surface area contributed by atoms with Crippen LogP contribution in [-0.2, 0) is 11.3 Å². The number of rotatable bonds is 10. The molecule has 0 fully saturated rings. The van der Waals surface area contributed by atoms with Crippen LogP contribution in [0.25, 0.3) is 0 Å². The van der Waals surface area contributed by atoms with E-state index >= 15 is 0 Å². The number of ether oxygens (including phenoxy) is 2. The van der Waals surface area contributed by atoms with E-state index < -0.39 is 11.4 Å². The molecule has 0 spiro atoms. The van der Waals surface area contributed by atoms with Gasteiger partial charge in [0, 0.05) is 6.54 Å². The first-order valence-corrected chi connectivity index (χ1v) is 8.15. The molecule has 6 heteroatoms. The number of aliphatic carboxylic acids is 1. The first kappa shape index (κ1) is 19.5. The minimum Gasteiger partial charge on any atom is -0.493 e. The minimum atomic E-state index is -0.785. The van der Waals surface area contributed by atoms with Crippen molar-refractivity contribution in [2.45, 2.75) is 26.8 Å². The lowest BCUT2D eigenvalue weighted by molar-refractivity contribution is -0.147. The maximum atomic E-state index is 11.1. The number of hydrogen-bond donors (Lipinski definition) is 2. The van der Waals surface area contributed by atoms with Crippen LogP contribution in [-0.4, -0.2) is 31.3 Å². The standard InChI is InChI=1S/C17H24BrNO4/c1-5-8-23-15-13(18)9-12(10-14(15)22-4)11-19-7-6-17(2,3)16(20)21/h5,9-10,19H,1,6-8,11H2,2-4H3,(H,20,21). The predicted octanol–water partition coefficient (Wildman–Crippen LogP) is 3.61. The summed E-state index contributed by atoms with van der Waals surface area (Å²) >= 11 is 3.48. The summed E-state index contributed by atoms with van der Waals surface area (Å²) < 4.78 is 11.8. The van der Waals surface area contributed by atoms with Gasteiger partial charge in [-0.15, -0.1) is 0 Å². The molecule has 0 saturated carbocycles. The zero-order valence-electron chi connectivity index (χ0n) is 13.8. The van der Waals surface area contributed by atoms with Gasteiger partial charge in [-0.05, 0) is 60.4 Å². The molecule has 0 aromatic heterocycles. The predicted molar refractivity (Wildman–Crippen MR) is 94.1 cm³/mol. The molecule has 1 aromatic carbocycles. The van der Waals surface area contributed by atoms with Gasteiger partial charge in [-0.3, -0.25) is 4.79 Å². The van der Waals surface area contributed by atoms with Crippen molar-refractivity contribution in [3.63, 3.8) is 0 Å². The number of carbonyl (C=O) groups is 1. The van der Waals surface area contributed by atoms with Crippen molar-refractivity contribution < 1.29 is 19.4 Å². The van der Waals surface area contributed by atoms with E-state index in [4.69, 9.17) is 14.6 Å². The van der Waals surface area contributed by atoms with Gasteiger partial charge in [-0.25, -0.2) is 0 Å². The molecule has 0 aliphatic carbocycles. The molecule has 0 aliphatic heterocycles. The molecule has 0 aliphatic rings. The van der Waals surface area contributed by atoms with E-state index in [-0.39, 0.29) is 0 Å². The van der Waals surface area contributed by atoms with Gasteiger partial charge in [0.05, 0.1) is 17.0 Å². The highest BCUT2D eigenvalue weighted by molar-refractivity contribution is 9.10. The Hall–Kier alpha value is -1.53. The van der Waals surface area contributed by atoms with E-state index in [1.165, 1.54) is 0 Å². The van der Waals surface area contributed by atoms with Gasteiger partial charge in [0.2, 0.25) is 0 Å². The molecule has 128 valence electrons. The van der Waals surface area contributed by atoms with Gasteiger partial charge in [0.15, 0.2) is 11.5 Å². The second kappa shape index (κ2) is 8.93. The fourth-order valence-electron chi connectivity index (χ4n) is 1.90. The fourth-order valence-corrected chi connectivity index (χ4v) is 2.50. The minimum absolute atomic E-state index is 0.400. The quantitative estimate of drug-likeness (QED) is 0.475. The number of halogens is 1.